The zero-order valence-corrected chi connectivity index (χ0v) is 17.3. The van der Waals surface area contributed by atoms with Gasteiger partial charge in [-0.05, 0) is 43.4 Å². The summed E-state index contributed by atoms with van der Waals surface area (Å²) in [6.07, 6.45) is 1.92. The van der Waals surface area contributed by atoms with Gasteiger partial charge in [0.05, 0.1) is 7.11 Å². The van der Waals surface area contributed by atoms with E-state index in [4.69, 9.17) is 20.2 Å². The van der Waals surface area contributed by atoms with Crippen LogP contribution in [-0.2, 0) is 0 Å². The molecule has 0 saturated carbocycles. The highest BCUT2D eigenvalue weighted by Gasteiger charge is 2.30. The molecule has 1 fully saturated rings. The Labute approximate surface area is 179 Å². The third-order valence-corrected chi connectivity index (χ3v) is 5.65. The number of benzene rings is 2. The number of fused-ring (bicyclic) bond motifs is 1. The number of likely N-dealkylation sites (tertiary alicyclic amines) is 1. The van der Waals surface area contributed by atoms with Crippen LogP contribution in [0.1, 0.15) is 22.0 Å². The number of hydrogen-bond acceptors (Lipinski definition) is 5. The minimum Gasteiger partial charge on any atom is -0.493 e. The van der Waals surface area contributed by atoms with Crippen LogP contribution in [0.2, 0.25) is 0 Å². The van der Waals surface area contributed by atoms with Gasteiger partial charge in [-0.1, -0.05) is 12.1 Å². The van der Waals surface area contributed by atoms with Gasteiger partial charge in [-0.15, -0.1) is 0 Å². The smallest absolute Gasteiger partial charge is 0.269 e. The van der Waals surface area contributed by atoms with E-state index in [0.29, 0.717) is 34.6 Å². The van der Waals surface area contributed by atoms with E-state index < -0.39 is 5.91 Å². The lowest BCUT2D eigenvalue weighted by atomic mass is 9.94. The fraction of sp³-hybridized carbons (Fsp3) is 0.217. The Morgan fingerprint density at radius 1 is 1.13 bits per heavy atom. The second-order valence-corrected chi connectivity index (χ2v) is 7.76. The Morgan fingerprint density at radius 2 is 1.84 bits per heavy atom. The number of methoxy groups -OCH3 is 1. The Morgan fingerprint density at radius 3 is 2.48 bits per heavy atom. The van der Waals surface area contributed by atoms with Gasteiger partial charge < -0.3 is 20.1 Å². The first-order valence-electron chi connectivity index (χ1n) is 10.0. The summed E-state index contributed by atoms with van der Waals surface area (Å²) in [6.45, 7) is 1.94. The molecule has 4 aromatic rings. The summed E-state index contributed by atoms with van der Waals surface area (Å²) < 4.78 is 13.0. The molecule has 0 bridgehead atoms. The number of H-pyrrole nitrogens is 1. The Hall–Kier alpha value is -3.78. The van der Waals surface area contributed by atoms with E-state index in [1.54, 1.807) is 11.6 Å². The quantitative estimate of drug-likeness (QED) is 0.502. The van der Waals surface area contributed by atoms with Crippen LogP contribution in [0, 0.1) is 0 Å². The predicted molar refractivity (Wildman–Crippen MR) is 117 cm³/mol. The third kappa shape index (κ3) is 3.30. The molecule has 2 aromatic heterocycles. The molecule has 1 aliphatic heterocycles. The van der Waals surface area contributed by atoms with Gasteiger partial charge in [0.25, 0.3) is 5.91 Å². The molecule has 1 saturated heterocycles. The van der Waals surface area contributed by atoms with Gasteiger partial charge in [0, 0.05) is 36.3 Å². The van der Waals surface area contributed by atoms with Crippen molar-refractivity contribution in [3.05, 3.63) is 66.0 Å². The van der Waals surface area contributed by atoms with Crippen LogP contribution in [0.3, 0.4) is 0 Å². The van der Waals surface area contributed by atoms with Crippen molar-refractivity contribution >= 4 is 11.6 Å². The van der Waals surface area contributed by atoms with E-state index in [9.17, 15) is 4.79 Å². The average molecular weight is 417 g/mol. The van der Waals surface area contributed by atoms with Crippen LogP contribution >= 0.6 is 0 Å². The fourth-order valence-corrected chi connectivity index (χ4v) is 4.07. The number of likely N-dealkylation sites (N-methyl/N-ethyl adjacent to an activating group) is 1. The Bertz CT molecular complexity index is 1250. The number of hydrogen-bond donors (Lipinski definition) is 2. The van der Waals surface area contributed by atoms with E-state index in [1.165, 1.54) is 0 Å². The molecular weight excluding hydrogens is 394 g/mol. The molecule has 0 atom stereocenters. The molecule has 2 aromatic carbocycles. The van der Waals surface area contributed by atoms with Crippen molar-refractivity contribution in [3.63, 3.8) is 0 Å². The van der Waals surface area contributed by atoms with Crippen molar-refractivity contribution in [1.29, 1.82) is 0 Å². The number of aromatic amines is 1. The molecule has 8 nitrogen and oxygen atoms in total. The Balaban J connectivity index is 1.49. The van der Waals surface area contributed by atoms with Crippen LogP contribution < -0.4 is 15.2 Å². The lowest BCUT2D eigenvalue weighted by Crippen LogP contribution is -2.41. The van der Waals surface area contributed by atoms with Gasteiger partial charge in [0.15, 0.2) is 22.8 Å². The van der Waals surface area contributed by atoms with Gasteiger partial charge in [-0.2, -0.15) is 0 Å². The summed E-state index contributed by atoms with van der Waals surface area (Å²) in [4.78, 5) is 19.3. The van der Waals surface area contributed by atoms with Gasteiger partial charge in [-0.25, -0.2) is 9.50 Å². The average Bonchev–Trinajstić information content (AvgIpc) is 3.31. The summed E-state index contributed by atoms with van der Waals surface area (Å²) >= 11 is 0. The van der Waals surface area contributed by atoms with Crippen LogP contribution in [0.25, 0.3) is 16.9 Å². The topological polar surface area (TPSA) is 97.9 Å². The number of amides is 1. The van der Waals surface area contributed by atoms with Crippen molar-refractivity contribution < 1.29 is 14.3 Å². The SMILES string of the molecule is COc1ccccc1Oc1ccc(-c2nc3c(C4CN(C)C4)c[nH]n3c2C(N)=O)cc1. The first-order valence-corrected chi connectivity index (χ1v) is 10.0. The highest BCUT2D eigenvalue weighted by atomic mass is 16.5. The molecule has 1 amide bonds. The number of imidazole rings is 1. The minimum atomic E-state index is -0.532. The molecular formula is C23H23N5O3. The number of aromatic nitrogens is 3. The standard InChI is InChI=1S/C23H23N5O3/c1-27-12-15(13-27)17-11-25-28-21(22(24)29)20(26-23(17)28)14-7-9-16(10-8-14)31-19-6-4-3-5-18(19)30-2/h3-11,15,25H,12-13H2,1-2H3,(H2,24,29). The number of carbonyl (C=O) groups excluding carboxylic acids is 1. The molecule has 0 aliphatic carbocycles. The maximum Gasteiger partial charge on any atom is 0.269 e. The van der Waals surface area contributed by atoms with Crippen molar-refractivity contribution in [1.82, 2.24) is 19.5 Å². The first kappa shape index (κ1) is 19.2. The number of nitrogens with two attached hydrogens (primary N) is 1. The summed E-state index contributed by atoms with van der Waals surface area (Å²) in [5, 5.41) is 3.15. The molecule has 0 radical (unpaired) electrons. The number of para-hydroxylation sites is 2. The summed E-state index contributed by atoms with van der Waals surface area (Å²) in [6, 6.07) is 14.9. The second kappa shape index (κ2) is 7.48. The zero-order valence-electron chi connectivity index (χ0n) is 17.3. The number of nitrogens with one attached hydrogen (secondary N) is 1. The number of ether oxygens (including phenoxy) is 2. The molecule has 8 heteroatoms. The van der Waals surface area contributed by atoms with Crippen LogP contribution in [0.5, 0.6) is 17.2 Å². The summed E-state index contributed by atoms with van der Waals surface area (Å²) in [7, 11) is 3.69. The molecule has 5 rings (SSSR count). The van der Waals surface area contributed by atoms with Crippen LogP contribution in [0.15, 0.2) is 54.7 Å². The molecule has 158 valence electrons. The Kier molecular flexibility index (Phi) is 4.63. The first-order chi connectivity index (χ1) is 15.0. The van der Waals surface area contributed by atoms with Crippen molar-refractivity contribution in [3.8, 4) is 28.5 Å². The van der Waals surface area contributed by atoms with Crippen molar-refractivity contribution in [2.45, 2.75) is 5.92 Å². The summed E-state index contributed by atoms with van der Waals surface area (Å²) in [5.41, 5.74) is 9.24. The van der Waals surface area contributed by atoms with Crippen molar-refractivity contribution in [2.75, 3.05) is 27.2 Å². The summed E-state index contributed by atoms with van der Waals surface area (Å²) in [5.74, 6) is 1.79. The number of primary amides is 1. The van der Waals surface area contributed by atoms with Crippen LogP contribution in [-0.4, -0.2) is 52.7 Å². The van der Waals surface area contributed by atoms with E-state index in [0.717, 1.165) is 29.9 Å². The van der Waals surface area contributed by atoms with Gasteiger partial charge in [0.1, 0.15) is 11.4 Å². The highest BCUT2D eigenvalue weighted by Crippen LogP contribution is 2.34. The van der Waals surface area contributed by atoms with Gasteiger partial charge >= 0.3 is 0 Å². The van der Waals surface area contributed by atoms with E-state index in [-0.39, 0.29) is 0 Å². The number of nitrogens with zero attached hydrogens (tertiary/aromatic N) is 3. The predicted octanol–water partition coefficient (Wildman–Crippen LogP) is 3.26. The molecule has 0 unspecified atom stereocenters. The monoisotopic (exact) mass is 417 g/mol. The largest absolute Gasteiger partial charge is 0.493 e. The third-order valence-electron chi connectivity index (χ3n) is 5.65. The van der Waals surface area contributed by atoms with E-state index in [2.05, 4.69) is 17.0 Å². The molecule has 3 N–H and O–H groups in total. The zero-order chi connectivity index (χ0) is 21.5. The lowest BCUT2D eigenvalue weighted by molar-refractivity contribution is 0.0994. The minimum absolute atomic E-state index is 0.340. The number of rotatable bonds is 6. The van der Waals surface area contributed by atoms with E-state index in [1.807, 2.05) is 54.7 Å². The molecule has 31 heavy (non-hydrogen) atoms. The second-order valence-electron chi connectivity index (χ2n) is 7.76. The molecule has 0 spiro atoms. The van der Waals surface area contributed by atoms with Gasteiger partial charge in [-0.3, -0.25) is 9.89 Å². The maximum absolute atomic E-state index is 12.3. The maximum atomic E-state index is 12.3. The lowest BCUT2D eigenvalue weighted by Gasteiger charge is -2.35. The normalized spacial score (nSPS) is 14.5. The molecule has 1 aliphatic rings. The molecule has 3 heterocycles. The van der Waals surface area contributed by atoms with E-state index >= 15 is 0 Å². The number of carbonyl (C=O) groups is 1. The fourth-order valence-electron chi connectivity index (χ4n) is 4.07. The van der Waals surface area contributed by atoms with Gasteiger partial charge in [0.2, 0.25) is 0 Å². The van der Waals surface area contributed by atoms with Crippen LogP contribution in [0.4, 0.5) is 0 Å². The van der Waals surface area contributed by atoms with Crippen molar-refractivity contribution in [2.24, 2.45) is 5.73 Å². The highest BCUT2D eigenvalue weighted by molar-refractivity contribution is 5.98.